The molecule has 27 heavy (non-hydrogen) atoms. The number of anilines is 1. The van der Waals surface area contributed by atoms with Crippen molar-refractivity contribution in [3.05, 3.63) is 52.4 Å². The highest BCUT2D eigenvalue weighted by molar-refractivity contribution is 5.93. The van der Waals surface area contributed by atoms with Crippen LogP contribution in [0.5, 0.6) is 0 Å². The SMILES string of the molecule is C=C(C)C(=O)OCCOC(=O)c1cc2ccc(N(CC)CC)cc2oc1=O. The second-order valence-electron chi connectivity index (χ2n) is 5.89. The van der Waals surface area contributed by atoms with Crippen molar-refractivity contribution in [2.75, 3.05) is 31.2 Å². The Labute approximate surface area is 157 Å². The Hall–Kier alpha value is -3.09. The van der Waals surface area contributed by atoms with Gasteiger partial charge in [0.25, 0.3) is 0 Å². The van der Waals surface area contributed by atoms with E-state index in [4.69, 9.17) is 13.9 Å². The van der Waals surface area contributed by atoms with Crippen LogP contribution in [0, 0.1) is 0 Å². The van der Waals surface area contributed by atoms with Gasteiger partial charge in [-0.15, -0.1) is 0 Å². The van der Waals surface area contributed by atoms with Crippen LogP contribution in [-0.4, -0.2) is 38.2 Å². The van der Waals surface area contributed by atoms with E-state index in [-0.39, 0.29) is 24.4 Å². The lowest BCUT2D eigenvalue weighted by Gasteiger charge is -2.20. The van der Waals surface area contributed by atoms with Gasteiger partial charge in [-0.2, -0.15) is 0 Å². The molecule has 0 aliphatic heterocycles. The summed E-state index contributed by atoms with van der Waals surface area (Å²) >= 11 is 0. The van der Waals surface area contributed by atoms with Crippen molar-refractivity contribution >= 4 is 28.6 Å². The van der Waals surface area contributed by atoms with Gasteiger partial charge in [-0.1, -0.05) is 6.58 Å². The molecule has 0 bridgehead atoms. The lowest BCUT2D eigenvalue weighted by atomic mass is 10.1. The van der Waals surface area contributed by atoms with Crippen molar-refractivity contribution in [3.8, 4) is 0 Å². The lowest BCUT2D eigenvalue weighted by Crippen LogP contribution is -2.22. The summed E-state index contributed by atoms with van der Waals surface area (Å²) in [7, 11) is 0. The van der Waals surface area contributed by atoms with Gasteiger partial charge in [0, 0.05) is 35.8 Å². The van der Waals surface area contributed by atoms with Crippen LogP contribution in [-0.2, 0) is 14.3 Å². The second-order valence-corrected chi connectivity index (χ2v) is 5.89. The third-order valence-electron chi connectivity index (χ3n) is 3.97. The highest BCUT2D eigenvalue weighted by atomic mass is 16.6. The summed E-state index contributed by atoms with van der Waals surface area (Å²) < 4.78 is 15.1. The van der Waals surface area contributed by atoms with E-state index < -0.39 is 17.6 Å². The molecule has 0 unspecified atom stereocenters. The van der Waals surface area contributed by atoms with Gasteiger partial charge in [0.15, 0.2) is 0 Å². The Bertz CT molecular complexity index is 910. The zero-order valence-corrected chi connectivity index (χ0v) is 15.7. The number of hydrogen-bond donors (Lipinski definition) is 0. The standard InChI is InChI=1S/C20H23NO6/c1-5-21(6-2)15-8-7-14-11-16(20(24)27-17(14)12-15)19(23)26-10-9-25-18(22)13(3)4/h7-8,11-12H,3,5-6,9-10H2,1-2,4H3. The predicted octanol–water partition coefficient (Wildman–Crippen LogP) is 2.92. The Morgan fingerprint density at radius 3 is 2.41 bits per heavy atom. The third kappa shape index (κ3) is 4.97. The Balaban J connectivity index is 2.12. The van der Waals surface area contributed by atoms with Crippen LogP contribution >= 0.6 is 0 Å². The first-order valence-corrected chi connectivity index (χ1v) is 8.70. The first-order valence-electron chi connectivity index (χ1n) is 8.70. The van der Waals surface area contributed by atoms with Crippen LogP contribution in [0.15, 0.2) is 45.6 Å². The first-order chi connectivity index (χ1) is 12.9. The highest BCUT2D eigenvalue weighted by Gasteiger charge is 2.16. The number of esters is 2. The van der Waals surface area contributed by atoms with Crippen LogP contribution in [0.4, 0.5) is 5.69 Å². The minimum Gasteiger partial charge on any atom is -0.459 e. The number of hydrogen-bond acceptors (Lipinski definition) is 7. The number of ether oxygens (including phenoxy) is 2. The zero-order valence-electron chi connectivity index (χ0n) is 15.7. The molecule has 7 nitrogen and oxygen atoms in total. The van der Waals surface area contributed by atoms with E-state index >= 15 is 0 Å². The van der Waals surface area contributed by atoms with E-state index in [9.17, 15) is 14.4 Å². The molecule has 1 aromatic carbocycles. The fraction of sp³-hybridized carbons (Fsp3) is 0.350. The van der Waals surface area contributed by atoms with Crippen LogP contribution < -0.4 is 10.5 Å². The molecule has 1 aromatic heterocycles. The molecule has 2 aromatic rings. The second kappa shape index (κ2) is 9.02. The maximum absolute atomic E-state index is 12.1. The van der Waals surface area contributed by atoms with Crippen molar-refractivity contribution in [3.63, 3.8) is 0 Å². The molecule has 0 aliphatic carbocycles. The quantitative estimate of drug-likeness (QED) is 0.304. The topological polar surface area (TPSA) is 86.1 Å². The van der Waals surface area contributed by atoms with E-state index in [0.29, 0.717) is 11.0 Å². The van der Waals surface area contributed by atoms with E-state index in [1.165, 1.54) is 13.0 Å². The Kier molecular flexibility index (Phi) is 6.76. The summed E-state index contributed by atoms with van der Waals surface area (Å²) in [5, 5.41) is 0.617. The number of fused-ring (bicyclic) bond motifs is 1. The van der Waals surface area contributed by atoms with E-state index in [1.807, 2.05) is 19.9 Å². The van der Waals surface area contributed by atoms with Crippen molar-refractivity contribution in [1.82, 2.24) is 0 Å². The van der Waals surface area contributed by atoms with Gasteiger partial charge in [-0.05, 0) is 39.0 Å². The fourth-order valence-electron chi connectivity index (χ4n) is 2.50. The molecule has 144 valence electrons. The molecule has 0 fully saturated rings. The van der Waals surface area contributed by atoms with Gasteiger partial charge >= 0.3 is 17.6 Å². The monoisotopic (exact) mass is 373 g/mol. The van der Waals surface area contributed by atoms with Gasteiger partial charge in [-0.3, -0.25) is 0 Å². The summed E-state index contributed by atoms with van der Waals surface area (Å²) in [5.74, 6) is -1.40. The molecule has 2 rings (SSSR count). The molecule has 0 radical (unpaired) electrons. The van der Waals surface area contributed by atoms with Gasteiger partial charge in [0.05, 0.1) is 0 Å². The molecule has 7 heteroatoms. The van der Waals surface area contributed by atoms with Crippen molar-refractivity contribution in [1.29, 1.82) is 0 Å². The molecule has 0 saturated carbocycles. The number of carbonyl (C=O) groups excluding carboxylic acids is 2. The number of carbonyl (C=O) groups is 2. The van der Waals surface area contributed by atoms with Gasteiger partial charge in [0.2, 0.25) is 0 Å². The molecule has 0 spiro atoms. The molecular formula is C20H23NO6. The number of rotatable bonds is 8. The maximum Gasteiger partial charge on any atom is 0.351 e. The molecule has 0 aliphatic rings. The molecule has 0 atom stereocenters. The van der Waals surface area contributed by atoms with E-state index in [1.54, 1.807) is 12.1 Å². The molecule has 0 amide bonds. The average Bonchev–Trinajstić information content (AvgIpc) is 2.65. The average molecular weight is 373 g/mol. The van der Waals surface area contributed by atoms with E-state index in [2.05, 4.69) is 11.5 Å². The van der Waals surface area contributed by atoms with Gasteiger partial charge < -0.3 is 18.8 Å². The lowest BCUT2D eigenvalue weighted by molar-refractivity contribution is -0.140. The predicted molar refractivity (Wildman–Crippen MR) is 102 cm³/mol. The summed E-state index contributed by atoms with van der Waals surface area (Å²) in [5.41, 5.74) is 0.606. The maximum atomic E-state index is 12.1. The van der Waals surface area contributed by atoms with Gasteiger partial charge in [-0.25, -0.2) is 14.4 Å². The van der Waals surface area contributed by atoms with E-state index in [0.717, 1.165) is 18.8 Å². The smallest absolute Gasteiger partial charge is 0.351 e. The minimum atomic E-state index is -0.829. The molecular weight excluding hydrogens is 350 g/mol. The summed E-state index contributed by atoms with van der Waals surface area (Å²) in [6, 6.07) is 6.91. The van der Waals surface area contributed by atoms with Gasteiger partial charge in [0.1, 0.15) is 24.4 Å². The van der Waals surface area contributed by atoms with Crippen LogP contribution in [0.3, 0.4) is 0 Å². The van der Waals surface area contributed by atoms with Crippen molar-refractivity contribution in [2.45, 2.75) is 20.8 Å². The highest BCUT2D eigenvalue weighted by Crippen LogP contribution is 2.22. The first kappa shape index (κ1) is 20.2. The summed E-state index contributed by atoms with van der Waals surface area (Å²) in [6.07, 6.45) is 0. The van der Waals surface area contributed by atoms with Crippen molar-refractivity contribution in [2.24, 2.45) is 0 Å². The Morgan fingerprint density at radius 2 is 1.78 bits per heavy atom. The normalized spacial score (nSPS) is 10.5. The minimum absolute atomic E-state index is 0.121. The molecule has 0 N–H and O–H groups in total. The summed E-state index contributed by atoms with van der Waals surface area (Å²) in [6.45, 7) is 10.4. The molecule has 1 heterocycles. The number of nitrogens with zero attached hydrogens (tertiary/aromatic N) is 1. The number of benzene rings is 1. The van der Waals surface area contributed by atoms with Crippen LogP contribution in [0.2, 0.25) is 0 Å². The Morgan fingerprint density at radius 1 is 1.11 bits per heavy atom. The van der Waals surface area contributed by atoms with Crippen molar-refractivity contribution < 1.29 is 23.5 Å². The third-order valence-corrected chi connectivity index (χ3v) is 3.97. The van der Waals surface area contributed by atoms with Crippen LogP contribution in [0.1, 0.15) is 31.1 Å². The zero-order chi connectivity index (χ0) is 20.0. The largest absolute Gasteiger partial charge is 0.459 e. The molecule has 0 saturated heterocycles. The fourth-order valence-corrected chi connectivity index (χ4v) is 2.50. The van der Waals surface area contributed by atoms with Crippen LogP contribution in [0.25, 0.3) is 11.0 Å². The summed E-state index contributed by atoms with van der Waals surface area (Å²) in [4.78, 5) is 37.6.